The van der Waals surface area contributed by atoms with E-state index in [4.69, 9.17) is 9.47 Å². The first-order valence-electron chi connectivity index (χ1n) is 6.00. The molecule has 1 fully saturated rings. The van der Waals surface area contributed by atoms with Crippen molar-refractivity contribution in [3.05, 3.63) is 23.8 Å². The Bertz CT molecular complexity index is 383. The minimum Gasteiger partial charge on any atom is -0.465 e. The number of fused-ring (bicyclic) bond motifs is 5. The molecule has 0 saturated carbocycles. The average molecular weight is 220 g/mol. The SMILES string of the molecule is CCOC(=O)[C@@]12CCCC=C1[C@@H]1C=C[C@H]2O1. The molecule has 3 rings (SSSR count). The van der Waals surface area contributed by atoms with Crippen molar-refractivity contribution in [2.24, 2.45) is 5.41 Å². The smallest absolute Gasteiger partial charge is 0.319 e. The molecule has 16 heavy (non-hydrogen) atoms. The van der Waals surface area contributed by atoms with E-state index in [1.54, 1.807) is 0 Å². The molecule has 1 aliphatic carbocycles. The second-order valence-electron chi connectivity index (χ2n) is 4.61. The molecule has 3 nitrogen and oxygen atoms in total. The van der Waals surface area contributed by atoms with E-state index in [0.717, 1.165) is 24.8 Å². The Hall–Kier alpha value is -1.09. The van der Waals surface area contributed by atoms with Crippen LogP contribution in [0.25, 0.3) is 0 Å². The summed E-state index contributed by atoms with van der Waals surface area (Å²) >= 11 is 0. The van der Waals surface area contributed by atoms with E-state index in [0.29, 0.717) is 6.61 Å². The molecule has 3 aliphatic rings. The topological polar surface area (TPSA) is 35.5 Å². The molecule has 0 spiro atoms. The van der Waals surface area contributed by atoms with Crippen LogP contribution in [0.5, 0.6) is 0 Å². The molecule has 0 radical (unpaired) electrons. The van der Waals surface area contributed by atoms with Crippen molar-refractivity contribution < 1.29 is 14.3 Å². The maximum Gasteiger partial charge on any atom is 0.319 e. The maximum absolute atomic E-state index is 12.2. The summed E-state index contributed by atoms with van der Waals surface area (Å²) in [4.78, 5) is 12.2. The molecule has 0 aromatic heterocycles. The quantitative estimate of drug-likeness (QED) is 0.527. The third-order valence-electron chi connectivity index (χ3n) is 3.84. The lowest BCUT2D eigenvalue weighted by atomic mass is 9.67. The second kappa shape index (κ2) is 3.45. The van der Waals surface area contributed by atoms with E-state index in [2.05, 4.69) is 12.2 Å². The van der Waals surface area contributed by atoms with E-state index in [9.17, 15) is 4.79 Å². The lowest BCUT2D eigenvalue weighted by Crippen LogP contribution is -2.43. The van der Waals surface area contributed by atoms with Crippen LogP contribution in [-0.4, -0.2) is 24.8 Å². The maximum atomic E-state index is 12.2. The lowest BCUT2D eigenvalue weighted by molar-refractivity contribution is -0.156. The van der Waals surface area contributed by atoms with Crippen LogP contribution in [-0.2, 0) is 14.3 Å². The summed E-state index contributed by atoms with van der Waals surface area (Å²) in [5.41, 5.74) is 0.651. The minimum absolute atomic E-state index is 0.0229. The normalized spacial score (nSPS) is 39.4. The van der Waals surface area contributed by atoms with E-state index in [-0.39, 0.29) is 18.2 Å². The highest BCUT2D eigenvalue weighted by Crippen LogP contribution is 2.54. The van der Waals surface area contributed by atoms with Crippen molar-refractivity contribution in [1.82, 2.24) is 0 Å². The van der Waals surface area contributed by atoms with Gasteiger partial charge in [-0.1, -0.05) is 18.2 Å². The molecule has 3 atom stereocenters. The van der Waals surface area contributed by atoms with Crippen LogP contribution in [0, 0.1) is 5.41 Å². The van der Waals surface area contributed by atoms with Crippen molar-refractivity contribution in [3.63, 3.8) is 0 Å². The zero-order chi connectivity index (χ0) is 11.2. The van der Waals surface area contributed by atoms with E-state index in [1.807, 2.05) is 13.0 Å². The Morgan fingerprint density at radius 2 is 2.50 bits per heavy atom. The zero-order valence-electron chi connectivity index (χ0n) is 9.44. The van der Waals surface area contributed by atoms with Gasteiger partial charge < -0.3 is 9.47 Å². The lowest BCUT2D eigenvalue weighted by Gasteiger charge is -2.35. The van der Waals surface area contributed by atoms with Gasteiger partial charge in [-0.25, -0.2) is 0 Å². The Morgan fingerprint density at radius 3 is 3.31 bits per heavy atom. The van der Waals surface area contributed by atoms with Crippen LogP contribution in [0.3, 0.4) is 0 Å². The molecule has 86 valence electrons. The second-order valence-corrected chi connectivity index (χ2v) is 4.61. The molecule has 0 aromatic carbocycles. The summed E-state index contributed by atoms with van der Waals surface area (Å²) in [5, 5.41) is 0. The van der Waals surface area contributed by atoms with Crippen LogP contribution < -0.4 is 0 Å². The van der Waals surface area contributed by atoms with Crippen LogP contribution in [0.4, 0.5) is 0 Å². The molecule has 2 heterocycles. The monoisotopic (exact) mass is 220 g/mol. The van der Waals surface area contributed by atoms with E-state index >= 15 is 0 Å². The van der Waals surface area contributed by atoms with Crippen molar-refractivity contribution in [2.75, 3.05) is 6.61 Å². The molecule has 0 unspecified atom stereocenters. The van der Waals surface area contributed by atoms with Crippen LogP contribution in [0.15, 0.2) is 23.8 Å². The number of ether oxygens (including phenoxy) is 2. The Balaban J connectivity index is 2.02. The fourth-order valence-electron chi connectivity index (χ4n) is 3.15. The number of esters is 1. The molecule has 0 aromatic rings. The molecular weight excluding hydrogens is 204 g/mol. The highest BCUT2D eigenvalue weighted by Gasteiger charge is 2.59. The standard InChI is InChI=1S/C13H16O3/c1-2-15-12(14)13-8-4-3-5-9(13)10-6-7-11(13)16-10/h5-7,10-11H,2-4,8H2,1H3/t10-,11+,13-/m0/s1. The van der Waals surface area contributed by atoms with Gasteiger partial charge in [0.2, 0.25) is 0 Å². The van der Waals surface area contributed by atoms with Crippen molar-refractivity contribution in [1.29, 1.82) is 0 Å². The first kappa shape index (κ1) is 10.1. The number of hydrogen-bond donors (Lipinski definition) is 0. The minimum atomic E-state index is -0.492. The van der Waals surface area contributed by atoms with Gasteiger partial charge in [-0.3, -0.25) is 4.79 Å². The highest BCUT2D eigenvalue weighted by atomic mass is 16.5. The van der Waals surface area contributed by atoms with Gasteiger partial charge in [0.25, 0.3) is 0 Å². The van der Waals surface area contributed by atoms with Gasteiger partial charge in [0.15, 0.2) is 0 Å². The fourth-order valence-corrected chi connectivity index (χ4v) is 3.15. The van der Waals surface area contributed by atoms with Crippen LogP contribution in [0.2, 0.25) is 0 Å². The Morgan fingerprint density at radius 1 is 1.62 bits per heavy atom. The third kappa shape index (κ3) is 1.09. The summed E-state index contributed by atoms with van der Waals surface area (Å²) in [6.45, 7) is 2.29. The first-order valence-corrected chi connectivity index (χ1v) is 6.00. The molecule has 0 amide bonds. The van der Waals surface area contributed by atoms with Gasteiger partial charge in [0.1, 0.15) is 5.41 Å². The third-order valence-corrected chi connectivity index (χ3v) is 3.84. The molecule has 2 bridgehead atoms. The van der Waals surface area contributed by atoms with Gasteiger partial charge in [0, 0.05) is 0 Å². The van der Waals surface area contributed by atoms with Crippen molar-refractivity contribution >= 4 is 5.97 Å². The summed E-state index contributed by atoms with van der Waals surface area (Å²) in [6, 6.07) is 0. The van der Waals surface area contributed by atoms with Gasteiger partial charge in [-0.2, -0.15) is 0 Å². The van der Waals surface area contributed by atoms with Gasteiger partial charge in [-0.05, 0) is 31.8 Å². The molecule has 1 saturated heterocycles. The summed E-state index contributed by atoms with van der Waals surface area (Å²) < 4.78 is 11.1. The number of allylic oxidation sites excluding steroid dienone is 1. The van der Waals surface area contributed by atoms with Gasteiger partial charge in [0.05, 0.1) is 18.8 Å². The summed E-state index contributed by atoms with van der Waals surface area (Å²) in [6.07, 6.45) is 9.14. The van der Waals surface area contributed by atoms with Gasteiger partial charge >= 0.3 is 5.97 Å². The average Bonchev–Trinajstić information content (AvgIpc) is 2.89. The molecule has 3 heteroatoms. The van der Waals surface area contributed by atoms with Gasteiger partial charge in [-0.15, -0.1) is 0 Å². The summed E-state index contributed by atoms with van der Waals surface area (Å²) in [7, 11) is 0. The predicted octanol–water partition coefficient (Wildman–Crippen LogP) is 1.98. The van der Waals surface area contributed by atoms with Crippen LogP contribution in [0.1, 0.15) is 26.2 Å². The number of carbonyl (C=O) groups excluding carboxylic acids is 1. The largest absolute Gasteiger partial charge is 0.465 e. The predicted molar refractivity (Wildman–Crippen MR) is 58.8 cm³/mol. The molecule has 0 N–H and O–H groups in total. The van der Waals surface area contributed by atoms with Crippen LogP contribution >= 0.6 is 0 Å². The first-order chi connectivity index (χ1) is 7.79. The number of hydrogen-bond acceptors (Lipinski definition) is 3. The van der Waals surface area contributed by atoms with Crippen molar-refractivity contribution in [3.8, 4) is 0 Å². The number of carbonyl (C=O) groups is 1. The molecule has 2 aliphatic heterocycles. The zero-order valence-corrected chi connectivity index (χ0v) is 9.44. The fraction of sp³-hybridized carbons (Fsp3) is 0.615. The highest BCUT2D eigenvalue weighted by molar-refractivity contribution is 5.84. The summed E-state index contributed by atoms with van der Waals surface area (Å²) in [5.74, 6) is -0.0993. The van der Waals surface area contributed by atoms with E-state index < -0.39 is 5.41 Å². The Labute approximate surface area is 95.1 Å². The van der Waals surface area contributed by atoms with Crippen molar-refractivity contribution in [2.45, 2.75) is 38.4 Å². The number of rotatable bonds is 2. The molecular formula is C13H16O3. The van der Waals surface area contributed by atoms with E-state index in [1.165, 1.54) is 0 Å². The Kier molecular flexibility index (Phi) is 2.18.